The first-order valence-corrected chi connectivity index (χ1v) is 16.2. The second-order valence-electron chi connectivity index (χ2n) is 12.0. The van der Waals surface area contributed by atoms with Gasteiger partial charge in [0.15, 0.2) is 11.3 Å². The number of primary amides is 1. The molecule has 0 bridgehead atoms. The first kappa shape index (κ1) is 32.9. The molecule has 6 aromatic rings. The highest BCUT2D eigenvalue weighted by molar-refractivity contribution is 7.80. The van der Waals surface area contributed by atoms with Crippen LogP contribution in [0.5, 0.6) is 0 Å². The van der Waals surface area contributed by atoms with Gasteiger partial charge < -0.3 is 21.3 Å². The number of nitrogens with two attached hydrogens (primary N) is 2. The van der Waals surface area contributed by atoms with Crippen LogP contribution in [0.3, 0.4) is 0 Å². The fourth-order valence-corrected chi connectivity index (χ4v) is 6.80. The molecule has 0 radical (unpaired) electrons. The van der Waals surface area contributed by atoms with Crippen LogP contribution in [0.4, 0.5) is 29.2 Å². The van der Waals surface area contributed by atoms with Crippen molar-refractivity contribution in [1.29, 1.82) is 0 Å². The molecule has 1 amide bonds. The molecule has 2 aromatic carbocycles. The van der Waals surface area contributed by atoms with E-state index in [0.29, 0.717) is 59.1 Å². The molecule has 2 aliphatic rings. The molecule has 2 atom stereocenters. The minimum atomic E-state index is -0.617. The van der Waals surface area contributed by atoms with Gasteiger partial charge in [0.1, 0.15) is 45.5 Å². The standard InChI is InChI=1S/C17H15F2N5O.C17H15F2N5S/c2*18-10-3-4-13(19)11(8-10)14-2-1-6-23(14)15-5-7-24-17(22-15)12(9-21-24)16(20)25/h2*3-5,7-9,14H,1-2,6H2,(H2,20,25)/t2*14-/m11/s1. The maximum atomic E-state index is 14.2. The lowest BCUT2D eigenvalue weighted by Crippen LogP contribution is -2.24. The van der Waals surface area contributed by atoms with Crippen LogP contribution in [0, 0.1) is 23.3 Å². The number of benzene rings is 2. The second kappa shape index (κ2) is 13.3. The van der Waals surface area contributed by atoms with Crippen LogP contribution in [0.1, 0.15) is 64.8 Å². The van der Waals surface area contributed by atoms with E-state index in [0.717, 1.165) is 37.5 Å². The molecule has 4 aromatic heterocycles. The van der Waals surface area contributed by atoms with E-state index in [1.807, 2.05) is 9.80 Å². The summed E-state index contributed by atoms with van der Waals surface area (Å²) in [6.45, 7) is 1.37. The lowest BCUT2D eigenvalue weighted by atomic mass is 10.0. The SMILES string of the molecule is NC(=O)c1cnn2ccc(N3CCC[C@@H]3c3cc(F)ccc3F)nc12.NC(=S)c1cnn2ccc(N3CCC[C@@H]3c3cc(F)ccc3F)nc12. The maximum absolute atomic E-state index is 14.2. The van der Waals surface area contributed by atoms with E-state index in [9.17, 15) is 22.4 Å². The molecule has 8 rings (SSSR count). The Morgan fingerprint density at radius 2 is 1.16 bits per heavy atom. The molecular weight excluding hydrogens is 673 g/mol. The van der Waals surface area contributed by atoms with E-state index in [2.05, 4.69) is 20.2 Å². The number of thiocarbonyl (C=S) groups is 1. The van der Waals surface area contributed by atoms with Crippen LogP contribution in [-0.4, -0.2) is 53.2 Å². The van der Waals surface area contributed by atoms with Crippen molar-refractivity contribution >= 4 is 46.0 Å². The number of carbonyl (C=O) groups excluding carboxylic acids is 1. The van der Waals surface area contributed by atoms with Gasteiger partial charge in [-0.3, -0.25) is 4.79 Å². The van der Waals surface area contributed by atoms with Crippen LogP contribution in [0.2, 0.25) is 0 Å². The molecule has 16 heteroatoms. The summed E-state index contributed by atoms with van der Waals surface area (Å²) in [5, 5.41) is 8.20. The summed E-state index contributed by atoms with van der Waals surface area (Å²) < 4.78 is 58.6. The Morgan fingerprint density at radius 3 is 1.62 bits per heavy atom. The minimum absolute atomic E-state index is 0.216. The molecule has 2 saturated heterocycles. The quantitative estimate of drug-likeness (QED) is 0.172. The van der Waals surface area contributed by atoms with Crippen molar-refractivity contribution < 1.29 is 22.4 Å². The summed E-state index contributed by atoms with van der Waals surface area (Å²) in [5.74, 6) is -1.15. The van der Waals surface area contributed by atoms with Crippen LogP contribution in [-0.2, 0) is 0 Å². The van der Waals surface area contributed by atoms with Crippen molar-refractivity contribution in [2.24, 2.45) is 11.5 Å². The highest BCUT2D eigenvalue weighted by atomic mass is 32.1. The van der Waals surface area contributed by atoms with Gasteiger partial charge in [0, 0.05) is 36.6 Å². The Kier molecular flexibility index (Phi) is 8.78. The van der Waals surface area contributed by atoms with Crippen molar-refractivity contribution in [1.82, 2.24) is 29.2 Å². The smallest absolute Gasteiger partial charge is 0.254 e. The van der Waals surface area contributed by atoms with E-state index < -0.39 is 29.2 Å². The van der Waals surface area contributed by atoms with Gasteiger partial charge in [-0.1, -0.05) is 12.2 Å². The fraction of sp³-hybridized carbons (Fsp3) is 0.235. The van der Waals surface area contributed by atoms with Gasteiger partial charge in [-0.15, -0.1) is 0 Å². The normalized spacial score (nSPS) is 17.4. The third-order valence-corrected chi connectivity index (χ3v) is 9.19. The Balaban J connectivity index is 0.000000157. The third kappa shape index (κ3) is 6.17. The van der Waals surface area contributed by atoms with Crippen LogP contribution in [0.25, 0.3) is 11.3 Å². The third-order valence-electron chi connectivity index (χ3n) is 8.97. The average molecular weight is 703 g/mol. The largest absolute Gasteiger partial charge is 0.389 e. The summed E-state index contributed by atoms with van der Waals surface area (Å²) >= 11 is 5.03. The first-order valence-electron chi connectivity index (χ1n) is 15.8. The Hall–Kier alpha value is -5.64. The molecule has 0 saturated carbocycles. The molecular formula is C34H30F4N10OS. The Morgan fingerprint density at radius 1 is 0.700 bits per heavy atom. The number of nitrogens with zero attached hydrogens (tertiary/aromatic N) is 8. The molecule has 2 aliphatic heterocycles. The van der Waals surface area contributed by atoms with E-state index in [-0.39, 0.29) is 22.6 Å². The zero-order valence-corrected chi connectivity index (χ0v) is 27.2. The zero-order valence-electron chi connectivity index (χ0n) is 26.4. The summed E-state index contributed by atoms with van der Waals surface area (Å²) in [6, 6.07) is 9.99. The predicted molar refractivity (Wildman–Crippen MR) is 182 cm³/mol. The molecule has 256 valence electrons. The molecule has 0 aliphatic carbocycles. The number of hydrogen-bond acceptors (Lipinski definition) is 8. The van der Waals surface area contributed by atoms with Crippen molar-refractivity contribution in [3.8, 4) is 0 Å². The molecule has 2 fully saturated rings. The lowest BCUT2D eigenvalue weighted by molar-refractivity contribution is 0.100. The molecule has 0 spiro atoms. The lowest BCUT2D eigenvalue weighted by Gasteiger charge is -2.26. The number of aromatic nitrogens is 6. The van der Waals surface area contributed by atoms with E-state index in [1.54, 1.807) is 35.2 Å². The number of rotatable bonds is 6. The highest BCUT2D eigenvalue weighted by Gasteiger charge is 2.31. The zero-order chi connectivity index (χ0) is 35.1. The summed E-state index contributed by atoms with van der Waals surface area (Å²) in [5.41, 5.74) is 13.4. The maximum Gasteiger partial charge on any atom is 0.254 e. The van der Waals surface area contributed by atoms with Crippen molar-refractivity contribution in [2.75, 3.05) is 22.9 Å². The Bertz CT molecular complexity index is 2100. The van der Waals surface area contributed by atoms with Gasteiger partial charge >= 0.3 is 0 Å². The van der Waals surface area contributed by atoms with Crippen molar-refractivity contribution in [3.63, 3.8) is 0 Å². The number of carbonyl (C=O) groups is 1. The van der Waals surface area contributed by atoms with E-state index >= 15 is 0 Å². The van der Waals surface area contributed by atoms with Gasteiger partial charge in [-0.05, 0) is 74.2 Å². The van der Waals surface area contributed by atoms with E-state index in [4.69, 9.17) is 23.7 Å². The van der Waals surface area contributed by atoms with Crippen molar-refractivity contribution in [2.45, 2.75) is 37.8 Å². The molecule has 4 N–H and O–H groups in total. The van der Waals surface area contributed by atoms with Crippen LogP contribution in [0.15, 0.2) is 73.3 Å². The first-order chi connectivity index (χ1) is 24.1. The molecule has 0 unspecified atom stereocenters. The molecule has 50 heavy (non-hydrogen) atoms. The van der Waals surface area contributed by atoms with Gasteiger partial charge in [-0.25, -0.2) is 36.6 Å². The number of hydrogen-bond donors (Lipinski definition) is 2. The Labute approximate surface area is 288 Å². The predicted octanol–water partition coefficient (Wildman–Crippen LogP) is 5.43. The van der Waals surface area contributed by atoms with Gasteiger partial charge in [-0.2, -0.15) is 10.2 Å². The number of anilines is 2. The van der Waals surface area contributed by atoms with Crippen LogP contribution >= 0.6 is 12.2 Å². The summed E-state index contributed by atoms with van der Waals surface area (Å²) in [7, 11) is 0. The van der Waals surface area contributed by atoms with Crippen LogP contribution < -0.4 is 21.3 Å². The minimum Gasteiger partial charge on any atom is -0.389 e. The van der Waals surface area contributed by atoms with Gasteiger partial charge in [0.05, 0.1) is 30.0 Å². The number of halogens is 4. The monoisotopic (exact) mass is 702 g/mol. The number of amides is 1. The van der Waals surface area contributed by atoms with Gasteiger partial charge in [0.25, 0.3) is 5.91 Å². The van der Waals surface area contributed by atoms with Crippen molar-refractivity contribution in [3.05, 3.63) is 119 Å². The topological polar surface area (TPSA) is 136 Å². The number of fused-ring (bicyclic) bond motifs is 2. The fourth-order valence-electron chi connectivity index (χ4n) is 6.65. The van der Waals surface area contributed by atoms with Gasteiger partial charge in [0.2, 0.25) is 0 Å². The second-order valence-corrected chi connectivity index (χ2v) is 12.4. The summed E-state index contributed by atoms with van der Waals surface area (Å²) in [4.78, 5) is 24.7. The molecule has 11 nitrogen and oxygen atoms in total. The average Bonchev–Trinajstić information content (AvgIpc) is 3.92. The highest BCUT2D eigenvalue weighted by Crippen LogP contribution is 2.38. The molecule has 6 heterocycles. The summed E-state index contributed by atoms with van der Waals surface area (Å²) in [6.07, 6.45) is 9.48. The van der Waals surface area contributed by atoms with E-state index in [1.165, 1.54) is 28.9 Å².